The highest BCUT2D eigenvalue weighted by Crippen LogP contribution is 2.33. The number of benzene rings is 2. The van der Waals surface area contributed by atoms with E-state index in [-0.39, 0.29) is 11.8 Å². The second kappa shape index (κ2) is 8.34. The lowest BCUT2D eigenvalue weighted by Gasteiger charge is -2.38. The summed E-state index contributed by atoms with van der Waals surface area (Å²) in [5, 5.41) is 0. The van der Waals surface area contributed by atoms with E-state index in [1.54, 1.807) is 0 Å². The van der Waals surface area contributed by atoms with Gasteiger partial charge in [-0.05, 0) is 43.0 Å². The van der Waals surface area contributed by atoms with Gasteiger partial charge in [0.05, 0.1) is 5.57 Å². The fraction of sp³-hybridized carbons (Fsp3) is 0.360. The molecule has 0 atom stereocenters. The Bertz CT molecular complexity index is 989. The van der Waals surface area contributed by atoms with Gasteiger partial charge in [-0.2, -0.15) is 0 Å². The lowest BCUT2D eigenvalue weighted by atomic mass is 10.0. The van der Waals surface area contributed by atoms with E-state index in [0.29, 0.717) is 17.8 Å². The first-order chi connectivity index (χ1) is 14.5. The van der Waals surface area contributed by atoms with Crippen LogP contribution in [0.2, 0.25) is 0 Å². The van der Waals surface area contributed by atoms with Crippen LogP contribution in [0.5, 0.6) is 0 Å². The van der Waals surface area contributed by atoms with E-state index >= 15 is 0 Å². The van der Waals surface area contributed by atoms with Crippen molar-refractivity contribution in [1.82, 2.24) is 9.80 Å². The Balaban J connectivity index is 1.63. The summed E-state index contributed by atoms with van der Waals surface area (Å²) in [6.45, 7) is 9.84. The smallest absolute Gasteiger partial charge is 0.277 e. The molecule has 2 aliphatic heterocycles. The number of hydrogen-bond acceptors (Lipinski definition) is 4. The summed E-state index contributed by atoms with van der Waals surface area (Å²) in [4.78, 5) is 32.3. The maximum atomic E-state index is 13.2. The monoisotopic (exact) mass is 403 g/mol. The fourth-order valence-corrected chi connectivity index (χ4v) is 4.40. The van der Waals surface area contributed by atoms with Gasteiger partial charge in [-0.1, -0.05) is 49.4 Å². The first-order valence-corrected chi connectivity index (χ1v) is 10.7. The van der Waals surface area contributed by atoms with Crippen LogP contribution in [0.15, 0.2) is 54.2 Å². The maximum Gasteiger partial charge on any atom is 0.277 e. The minimum absolute atomic E-state index is 0.152. The molecule has 0 aromatic heterocycles. The lowest BCUT2D eigenvalue weighted by molar-refractivity contribution is -0.137. The summed E-state index contributed by atoms with van der Waals surface area (Å²) in [6, 6.07) is 16.0. The Labute approximate surface area is 178 Å². The fourth-order valence-electron chi connectivity index (χ4n) is 4.40. The molecule has 0 spiro atoms. The summed E-state index contributed by atoms with van der Waals surface area (Å²) in [5.74, 6) is -0.319. The molecule has 2 heterocycles. The van der Waals surface area contributed by atoms with Crippen molar-refractivity contribution in [2.24, 2.45) is 0 Å². The number of nitrogens with zero attached hydrogens (tertiary/aromatic N) is 3. The van der Waals surface area contributed by atoms with Gasteiger partial charge in [0.25, 0.3) is 11.8 Å². The molecule has 2 aromatic rings. The Morgan fingerprint density at radius 3 is 2.13 bits per heavy atom. The maximum absolute atomic E-state index is 13.2. The number of imide groups is 1. The molecule has 0 N–H and O–H groups in total. The molecule has 1 saturated heterocycles. The van der Waals surface area contributed by atoms with Crippen LogP contribution in [0, 0.1) is 13.8 Å². The molecule has 0 aliphatic carbocycles. The molecular weight excluding hydrogens is 374 g/mol. The third-order valence-corrected chi connectivity index (χ3v) is 6.17. The van der Waals surface area contributed by atoms with Crippen molar-refractivity contribution in [2.75, 3.05) is 37.6 Å². The number of rotatable bonds is 5. The molecule has 2 aliphatic rings. The molecule has 5 nitrogen and oxygen atoms in total. The summed E-state index contributed by atoms with van der Waals surface area (Å²) < 4.78 is 0. The molecule has 30 heavy (non-hydrogen) atoms. The summed E-state index contributed by atoms with van der Waals surface area (Å²) in [7, 11) is 0. The third-order valence-electron chi connectivity index (χ3n) is 6.17. The minimum Gasteiger partial charge on any atom is -0.368 e. The number of aryl methyl sites for hydroxylation is 1. The van der Waals surface area contributed by atoms with Crippen molar-refractivity contribution in [3.05, 3.63) is 70.9 Å². The molecule has 0 saturated carbocycles. The molecule has 0 radical (unpaired) electrons. The average Bonchev–Trinajstić information content (AvgIpc) is 3.01. The van der Waals surface area contributed by atoms with E-state index in [9.17, 15) is 9.59 Å². The van der Waals surface area contributed by atoms with E-state index in [0.717, 1.165) is 38.2 Å². The largest absolute Gasteiger partial charge is 0.368 e. The van der Waals surface area contributed by atoms with Crippen molar-refractivity contribution in [2.45, 2.75) is 27.2 Å². The van der Waals surface area contributed by atoms with Gasteiger partial charge in [0, 0.05) is 38.4 Å². The number of carbonyl (C=O) groups is 2. The SMILES string of the molecule is CCCN1C(=O)C(c2ccccc2)=C(N2CCN(c3cccc(C)c3C)CC2)C1=O. The molecule has 5 heteroatoms. The van der Waals surface area contributed by atoms with Gasteiger partial charge in [-0.3, -0.25) is 14.5 Å². The van der Waals surface area contributed by atoms with Crippen molar-refractivity contribution >= 4 is 23.1 Å². The van der Waals surface area contributed by atoms with E-state index in [1.807, 2.05) is 37.3 Å². The zero-order chi connectivity index (χ0) is 21.3. The van der Waals surface area contributed by atoms with Gasteiger partial charge in [-0.15, -0.1) is 0 Å². The van der Waals surface area contributed by atoms with E-state index in [2.05, 4.69) is 41.8 Å². The highest BCUT2D eigenvalue weighted by molar-refractivity contribution is 6.35. The highest BCUT2D eigenvalue weighted by atomic mass is 16.2. The van der Waals surface area contributed by atoms with Gasteiger partial charge in [-0.25, -0.2) is 0 Å². The van der Waals surface area contributed by atoms with Gasteiger partial charge < -0.3 is 9.80 Å². The van der Waals surface area contributed by atoms with Crippen LogP contribution in [0.25, 0.3) is 5.57 Å². The summed E-state index contributed by atoms with van der Waals surface area (Å²) >= 11 is 0. The first-order valence-electron chi connectivity index (χ1n) is 10.7. The van der Waals surface area contributed by atoms with Crippen molar-refractivity contribution in [1.29, 1.82) is 0 Å². The standard InChI is InChI=1S/C25H29N3O2/c1-4-13-28-24(29)22(20-10-6-5-7-11-20)23(25(28)30)27-16-14-26(15-17-27)21-12-8-9-18(2)19(21)3/h5-12H,4,13-17H2,1-3H3. The van der Waals surface area contributed by atoms with Crippen LogP contribution < -0.4 is 4.90 Å². The zero-order valence-electron chi connectivity index (χ0n) is 18.0. The van der Waals surface area contributed by atoms with Crippen LogP contribution in [0.4, 0.5) is 5.69 Å². The van der Waals surface area contributed by atoms with Crippen LogP contribution in [0.3, 0.4) is 0 Å². The topological polar surface area (TPSA) is 43.9 Å². The third kappa shape index (κ3) is 3.49. The number of hydrogen-bond donors (Lipinski definition) is 0. The second-order valence-corrected chi connectivity index (χ2v) is 8.04. The summed E-state index contributed by atoms with van der Waals surface area (Å²) in [6.07, 6.45) is 0.757. The first kappa shape index (κ1) is 20.2. The van der Waals surface area contributed by atoms with Crippen molar-refractivity contribution in [3.63, 3.8) is 0 Å². The molecule has 2 amide bonds. The molecule has 0 bridgehead atoms. The van der Waals surface area contributed by atoms with Crippen LogP contribution in [-0.2, 0) is 9.59 Å². The molecule has 0 unspecified atom stereocenters. The molecule has 156 valence electrons. The van der Waals surface area contributed by atoms with E-state index < -0.39 is 0 Å². The quantitative estimate of drug-likeness (QED) is 0.716. The van der Waals surface area contributed by atoms with Crippen molar-refractivity contribution in [3.8, 4) is 0 Å². The minimum atomic E-state index is -0.167. The van der Waals surface area contributed by atoms with Gasteiger partial charge in [0.15, 0.2) is 0 Å². The molecule has 4 rings (SSSR count). The summed E-state index contributed by atoms with van der Waals surface area (Å²) in [5.41, 5.74) is 5.79. The normalized spacial score (nSPS) is 17.4. The van der Waals surface area contributed by atoms with Crippen LogP contribution in [-0.4, -0.2) is 54.3 Å². The predicted molar refractivity (Wildman–Crippen MR) is 120 cm³/mol. The Morgan fingerprint density at radius 2 is 1.47 bits per heavy atom. The van der Waals surface area contributed by atoms with Crippen LogP contribution in [0.1, 0.15) is 30.0 Å². The number of piperazine rings is 1. The molecule has 1 fully saturated rings. The number of carbonyl (C=O) groups excluding carboxylic acids is 2. The zero-order valence-corrected chi connectivity index (χ0v) is 18.0. The average molecular weight is 404 g/mol. The van der Waals surface area contributed by atoms with E-state index in [1.165, 1.54) is 21.7 Å². The Kier molecular flexibility index (Phi) is 5.62. The van der Waals surface area contributed by atoms with Gasteiger partial charge in [0.2, 0.25) is 0 Å². The van der Waals surface area contributed by atoms with E-state index in [4.69, 9.17) is 0 Å². The number of amides is 2. The Morgan fingerprint density at radius 1 is 0.800 bits per heavy atom. The lowest BCUT2D eigenvalue weighted by Crippen LogP contribution is -2.48. The number of anilines is 1. The molecule has 2 aromatic carbocycles. The van der Waals surface area contributed by atoms with Gasteiger partial charge >= 0.3 is 0 Å². The van der Waals surface area contributed by atoms with Gasteiger partial charge in [0.1, 0.15) is 5.70 Å². The molecular formula is C25H29N3O2. The predicted octanol–water partition coefficient (Wildman–Crippen LogP) is 3.62. The Hall–Kier alpha value is -3.08. The second-order valence-electron chi connectivity index (χ2n) is 8.04. The van der Waals surface area contributed by atoms with Crippen LogP contribution >= 0.6 is 0 Å². The highest BCUT2D eigenvalue weighted by Gasteiger charge is 2.41. The van der Waals surface area contributed by atoms with Crippen molar-refractivity contribution < 1.29 is 9.59 Å².